The largest absolute Gasteiger partial charge is 0.454 e. The van der Waals surface area contributed by atoms with Crippen molar-refractivity contribution in [2.24, 2.45) is 0 Å². The van der Waals surface area contributed by atoms with Crippen LogP contribution >= 0.6 is 0 Å². The molecule has 0 atom stereocenters. The third-order valence-corrected chi connectivity index (χ3v) is 3.90. The van der Waals surface area contributed by atoms with Gasteiger partial charge < -0.3 is 24.8 Å². The SMILES string of the molecule is O=C(Nc1ccc2c(c1)OCO2)C(=O)N1CCN(CCO)CC1. The number of ether oxygens (including phenoxy) is 2. The van der Waals surface area contributed by atoms with Crippen molar-refractivity contribution in [1.29, 1.82) is 0 Å². The van der Waals surface area contributed by atoms with E-state index >= 15 is 0 Å². The maximum absolute atomic E-state index is 12.2. The minimum atomic E-state index is -0.667. The standard InChI is InChI=1S/C15H19N3O5/c19-8-7-17-3-5-18(6-4-17)15(21)14(20)16-11-1-2-12-13(9-11)23-10-22-12/h1-2,9,19H,3-8,10H2,(H,16,20). The maximum Gasteiger partial charge on any atom is 0.313 e. The highest BCUT2D eigenvalue weighted by Gasteiger charge is 2.26. The van der Waals surface area contributed by atoms with Gasteiger partial charge in [-0.2, -0.15) is 0 Å². The molecule has 2 N–H and O–H groups in total. The van der Waals surface area contributed by atoms with Crippen LogP contribution in [-0.2, 0) is 9.59 Å². The predicted molar refractivity (Wildman–Crippen MR) is 81.3 cm³/mol. The highest BCUT2D eigenvalue weighted by atomic mass is 16.7. The molecule has 2 heterocycles. The van der Waals surface area contributed by atoms with Crippen molar-refractivity contribution in [2.75, 3.05) is 51.4 Å². The fourth-order valence-corrected chi connectivity index (χ4v) is 2.62. The smallest absolute Gasteiger partial charge is 0.313 e. The van der Waals surface area contributed by atoms with Gasteiger partial charge in [-0.1, -0.05) is 0 Å². The second-order valence-corrected chi connectivity index (χ2v) is 5.38. The average molecular weight is 321 g/mol. The molecular weight excluding hydrogens is 302 g/mol. The van der Waals surface area contributed by atoms with E-state index in [0.717, 1.165) is 0 Å². The monoisotopic (exact) mass is 321 g/mol. The van der Waals surface area contributed by atoms with Crippen LogP contribution < -0.4 is 14.8 Å². The lowest BCUT2D eigenvalue weighted by molar-refractivity contribution is -0.144. The van der Waals surface area contributed by atoms with Gasteiger partial charge in [0.1, 0.15) is 0 Å². The lowest BCUT2D eigenvalue weighted by atomic mass is 10.2. The summed E-state index contributed by atoms with van der Waals surface area (Å²) in [7, 11) is 0. The summed E-state index contributed by atoms with van der Waals surface area (Å²) < 4.78 is 10.4. The molecule has 1 fully saturated rings. The molecule has 1 saturated heterocycles. The number of piperazine rings is 1. The molecule has 1 aromatic carbocycles. The summed E-state index contributed by atoms with van der Waals surface area (Å²) in [6.07, 6.45) is 0. The van der Waals surface area contributed by atoms with Gasteiger partial charge in [-0.25, -0.2) is 0 Å². The Kier molecular flexibility index (Phi) is 4.63. The molecule has 3 rings (SSSR count). The zero-order valence-electron chi connectivity index (χ0n) is 12.7. The third-order valence-electron chi connectivity index (χ3n) is 3.90. The summed E-state index contributed by atoms with van der Waals surface area (Å²) in [5, 5.41) is 11.5. The molecule has 2 aliphatic rings. The van der Waals surface area contributed by atoms with Gasteiger partial charge in [-0.05, 0) is 12.1 Å². The number of hydrogen-bond acceptors (Lipinski definition) is 6. The third kappa shape index (κ3) is 3.54. The maximum atomic E-state index is 12.2. The lowest BCUT2D eigenvalue weighted by Crippen LogP contribution is -2.52. The molecular formula is C15H19N3O5. The number of carbonyl (C=O) groups is 2. The Morgan fingerprint density at radius 3 is 2.61 bits per heavy atom. The number of rotatable bonds is 3. The van der Waals surface area contributed by atoms with Gasteiger partial charge in [-0.15, -0.1) is 0 Å². The van der Waals surface area contributed by atoms with Crippen molar-refractivity contribution in [3.63, 3.8) is 0 Å². The lowest BCUT2D eigenvalue weighted by Gasteiger charge is -2.33. The highest BCUT2D eigenvalue weighted by Crippen LogP contribution is 2.34. The molecule has 8 nitrogen and oxygen atoms in total. The Bertz CT molecular complexity index is 599. The number of β-amino-alcohol motifs (C(OH)–C–C–N with tert-alkyl or cyclic N) is 1. The van der Waals surface area contributed by atoms with Gasteiger partial charge in [0.05, 0.1) is 6.61 Å². The molecule has 0 unspecified atom stereocenters. The second kappa shape index (κ2) is 6.84. The normalized spacial score (nSPS) is 17.2. The number of anilines is 1. The van der Waals surface area contributed by atoms with Gasteiger partial charge in [0, 0.05) is 44.5 Å². The number of nitrogens with one attached hydrogen (secondary N) is 1. The number of carbonyl (C=O) groups excluding carboxylic acids is 2. The van der Waals surface area contributed by atoms with Crippen molar-refractivity contribution >= 4 is 17.5 Å². The fraction of sp³-hybridized carbons (Fsp3) is 0.467. The van der Waals surface area contributed by atoms with Crippen LogP contribution in [0.4, 0.5) is 5.69 Å². The van der Waals surface area contributed by atoms with Gasteiger partial charge in [0.2, 0.25) is 6.79 Å². The van der Waals surface area contributed by atoms with Crippen LogP contribution in [0.1, 0.15) is 0 Å². The first-order valence-corrected chi connectivity index (χ1v) is 7.50. The topological polar surface area (TPSA) is 91.3 Å². The fourth-order valence-electron chi connectivity index (χ4n) is 2.62. The first-order chi connectivity index (χ1) is 11.2. The molecule has 0 aromatic heterocycles. The summed E-state index contributed by atoms with van der Waals surface area (Å²) in [4.78, 5) is 27.9. The number of aliphatic hydroxyl groups excluding tert-OH is 1. The Hall–Kier alpha value is -2.32. The van der Waals surface area contributed by atoms with Crippen molar-refractivity contribution in [3.8, 4) is 11.5 Å². The summed E-state index contributed by atoms with van der Waals surface area (Å²) in [5.74, 6) is -0.0482. The molecule has 8 heteroatoms. The van der Waals surface area contributed by atoms with E-state index in [4.69, 9.17) is 14.6 Å². The molecule has 2 aliphatic heterocycles. The predicted octanol–water partition coefficient (Wildman–Crippen LogP) is -0.510. The molecule has 2 amide bonds. The van der Waals surface area contributed by atoms with Crippen LogP contribution in [0.5, 0.6) is 11.5 Å². The van der Waals surface area contributed by atoms with Crippen LogP contribution in [0.2, 0.25) is 0 Å². The molecule has 23 heavy (non-hydrogen) atoms. The van der Waals surface area contributed by atoms with E-state index in [1.807, 2.05) is 0 Å². The first-order valence-electron chi connectivity index (χ1n) is 7.50. The van der Waals surface area contributed by atoms with Gasteiger partial charge in [0.25, 0.3) is 0 Å². The van der Waals surface area contributed by atoms with E-state index in [-0.39, 0.29) is 13.4 Å². The van der Waals surface area contributed by atoms with Crippen LogP contribution in [0.25, 0.3) is 0 Å². The van der Waals surface area contributed by atoms with E-state index in [1.165, 1.54) is 4.90 Å². The summed E-state index contributed by atoms with van der Waals surface area (Å²) in [6, 6.07) is 4.99. The van der Waals surface area contributed by atoms with Crippen LogP contribution in [0, 0.1) is 0 Å². The minimum absolute atomic E-state index is 0.0958. The average Bonchev–Trinajstić information content (AvgIpc) is 3.03. The number of aliphatic hydroxyl groups is 1. The zero-order chi connectivity index (χ0) is 16.2. The summed E-state index contributed by atoms with van der Waals surface area (Å²) in [6.45, 7) is 3.11. The van der Waals surface area contributed by atoms with Gasteiger partial charge in [-0.3, -0.25) is 14.5 Å². The molecule has 1 aromatic rings. The highest BCUT2D eigenvalue weighted by molar-refractivity contribution is 6.39. The van der Waals surface area contributed by atoms with Crippen molar-refractivity contribution in [2.45, 2.75) is 0 Å². The zero-order valence-corrected chi connectivity index (χ0v) is 12.7. The van der Waals surface area contributed by atoms with Crippen molar-refractivity contribution < 1.29 is 24.2 Å². The number of benzene rings is 1. The minimum Gasteiger partial charge on any atom is -0.454 e. The molecule has 124 valence electrons. The van der Waals surface area contributed by atoms with Crippen LogP contribution in [0.15, 0.2) is 18.2 Å². The first kappa shape index (κ1) is 15.6. The summed E-state index contributed by atoms with van der Waals surface area (Å²) in [5.41, 5.74) is 0.492. The second-order valence-electron chi connectivity index (χ2n) is 5.38. The van der Waals surface area contributed by atoms with Gasteiger partial charge >= 0.3 is 11.8 Å². The van der Waals surface area contributed by atoms with Gasteiger partial charge in [0.15, 0.2) is 11.5 Å². The quantitative estimate of drug-likeness (QED) is 0.729. The Labute approximate surface area is 133 Å². The number of amides is 2. The Morgan fingerprint density at radius 2 is 1.87 bits per heavy atom. The van der Waals surface area contributed by atoms with E-state index < -0.39 is 11.8 Å². The van der Waals surface area contributed by atoms with E-state index in [9.17, 15) is 9.59 Å². The Morgan fingerprint density at radius 1 is 1.13 bits per heavy atom. The number of nitrogens with zero attached hydrogens (tertiary/aromatic N) is 2. The summed E-state index contributed by atoms with van der Waals surface area (Å²) >= 11 is 0. The molecule has 0 bridgehead atoms. The number of fused-ring (bicyclic) bond motifs is 1. The van der Waals surface area contributed by atoms with Crippen molar-refractivity contribution in [1.82, 2.24) is 9.80 Å². The van der Waals surface area contributed by atoms with Crippen LogP contribution in [-0.4, -0.2) is 72.8 Å². The van der Waals surface area contributed by atoms with Crippen LogP contribution in [0.3, 0.4) is 0 Å². The van der Waals surface area contributed by atoms with E-state index in [2.05, 4.69) is 10.2 Å². The molecule has 0 spiro atoms. The van der Waals surface area contributed by atoms with Crippen molar-refractivity contribution in [3.05, 3.63) is 18.2 Å². The number of hydrogen-bond donors (Lipinski definition) is 2. The molecule has 0 aliphatic carbocycles. The molecule has 0 radical (unpaired) electrons. The Balaban J connectivity index is 1.55. The van der Waals surface area contributed by atoms with E-state index in [1.54, 1.807) is 18.2 Å². The van der Waals surface area contributed by atoms with E-state index in [0.29, 0.717) is 49.9 Å². The molecule has 0 saturated carbocycles.